The SMILES string of the molecule is Cc1ccc2cc(CSc3ccccc3N)c(Cl)nc2c1. The Kier molecular flexibility index (Phi) is 4.04. The largest absolute Gasteiger partial charge is 0.398 e. The van der Waals surface area contributed by atoms with Gasteiger partial charge in [0.15, 0.2) is 0 Å². The number of halogens is 1. The van der Waals surface area contributed by atoms with Crippen LogP contribution in [0.15, 0.2) is 53.4 Å². The van der Waals surface area contributed by atoms with E-state index in [1.165, 1.54) is 5.56 Å². The highest BCUT2D eigenvalue weighted by Crippen LogP contribution is 2.31. The van der Waals surface area contributed by atoms with Crippen LogP contribution in [0.1, 0.15) is 11.1 Å². The van der Waals surface area contributed by atoms with E-state index in [1.54, 1.807) is 11.8 Å². The van der Waals surface area contributed by atoms with Crippen LogP contribution in [0.3, 0.4) is 0 Å². The van der Waals surface area contributed by atoms with Crippen molar-refractivity contribution in [3.05, 3.63) is 64.8 Å². The average molecular weight is 315 g/mol. The molecule has 2 N–H and O–H groups in total. The van der Waals surface area contributed by atoms with Gasteiger partial charge in [-0.3, -0.25) is 0 Å². The zero-order valence-corrected chi connectivity index (χ0v) is 13.2. The van der Waals surface area contributed by atoms with Crippen molar-refractivity contribution in [2.75, 3.05) is 5.73 Å². The minimum atomic E-state index is 0.565. The number of aryl methyl sites for hydroxylation is 1. The molecule has 0 aliphatic heterocycles. The summed E-state index contributed by atoms with van der Waals surface area (Å²) in [5, 5.41) is 1.68. The van der Waals surface area contributed by atoms with Crippen molar-refractivity contribution < 1.29 is 0 Å². The monoisotopic (exact) mass is 314 g/mol. The molecule has 1 aromatic heterocycles. The standard InChI is InChI=1S/C17H15ClN2S/c1-11-6-7-12-9-13(17(18)20-15(12)8-11)10-21-16-5-3-2-4-14(16)19/h2-9H,10,19H2,1H3. The molecule has 0 bridgehead atoms. The van der Waals surface area contributed by atoms with E-state index < -0.39 is 0 Å². The van der Waals surface area contributed by atoms with Gasteiger partial charge in [0.05, 0.1) is 5.52 Å². The summed E-state index contributed by atoms with van der Waals surface area (Å²) in [7, 11) is 0. The second-order valence-corrected chi connectivity index (χ2v) is 6.34. The predicted molar refractivity (Wildman–Crippen MR) is 91.9 cm³/mol. The topological polar surface area (TPSA) is 38.9 Å². The number of anilines is 1. The Labute approximate surface area is 133 Å². The molecule has 21 heavy (non-hydrogen) atoms. The average Bonchev–Trinajstić information content (AvgIpc) is 2.46. The van der Waals surface area contributed by atoms with Crippen LogP contribution in [0.25, 0.3) is 10.9 Å². The molecule has 3 rings (SSSR count). The Hall–Kier alpha value is -1.71. The number of nitrogens with zero attached hydrogens (tertiary/aromatic N) is 1. The summed E-state index contributed by atoms with van der Waals surface area (Å²) in [5.74, 6) is 0.754. The van der Waals surface area contributed by atoms with E-state index in [9.17, 15) is 0 Å². The smallest absolute Gasteiger partial charge is 0.133 e. The fraction of sp³-hybridized carbons (Fsp3) is 0.118. The van der Waals surface area contributed by atoms with Gasteiger partial charge in [-0.05, 0) is 36.8 Å². The van der Waals surface area contributed by atoms with Gasteiger partial charge >= 0.3 is 0 Å². The second kappa shape index (κ2) is 5.96. The zero-order chi connectivity index (χ0) is 14.8. The molecule has 106 valence electrons. The minimum Gasteiger partial charge on any atom is -0.398 e. The maximum Gasteiger partial charge on any atom is 0.133 e. The number of aromatic nitrogens is 1. The first-order chi connectivity index (χ1) is 10.1. The number of thioether (sulfide) groups is 1. The van der Waals surface area contributed by atoms with Gasteiger partial charge in [0, 0.05) is 27.3 Å². The highest BCUT2D eigenvalue weighted by Gasteiger charge is 2.07. The number of para-hydroxylation sites is 1. The maximum absolute atomic E-state index is 6.31. The molecular weight excluding hydrogens is 300 g/mol. The Morgan fingerprint density at radius 2 is 1.95 bits per heavy atom. The summed E-state index contributed by atoms with van der Waals surface area (Å²) in [6.45, 7) is 2.05. The van der Waals surface area contributed by atoms with E-state index in [0.717, 1.165) is 32.8 Å². The van der Waals surface area contributed by atoms with Gasteiger partial charge in [-0.1, -0.05) is 35.9 Å². The van der Waals surface area contributed by atoms with Gasteiger partial charge in [0.1, 0.15) is 5.15 Å². The molecule has 2 nitrogen and oxygen atoms in total. The number of benzene rings is 2. The first-order valence-corrected chi connectivity index (χ1v) is 8.03. The molecule has 4 heteroatoms. The van der Waals surface area contributed by atoms with E-state index in [-0.39, 0.29) is 0 Å². The maximum atomic E-state index is 6.31. The van der Waals surface area contributed by atoms with Gasteiger partial charge in [-0.25, -0.2) is 4.98 Å². The predicted octanol–water partition coefficient (Wildman–Crippen LogP) is 5.07. The van der Waals surface area contributed by atoms with Gasteiger partial charge in [0.25, 0.3) is 0 Å². The fourth-order valence-corrected chi connectivity index (χ4v) is 3.40. The highest BCUT2D eigenvalue weighted by atomic mass is 35.5. The number of rotatable bonds is 3. The van der Waals surface area contributed by atoms with Crippen LogP contribution in [0.2, 0.25) is 5.15 Å². The van der Waals surface area contributed by atoms with Crippen LogP contribution in [-0.4, -0.2) is 4.98 Å². The lowest BCUT2D eigenvalue weighted by atomic mass is 10.1. The van der Waals surface area contributed by atoms with Crippen molar-refractivity contribution in [1.82, 2.24) is 4.98 Å². The Bertz CT molecular complexity index is 802. The van der Waals surface area contributed by atoms with Crippen molar-refractivity contribution in [2.24, 2.45) is 0 Å². The molecule has 0 fully saturated rings. The first kappa shape index (κ1) is 14.2. The molecule has 0 spiro atoms. The van der Waals surface area contributed by atoms with Crippen molar-refractivity contribution >= 4 is 40.0 Å². The molecule has 0 saturated heterocycles. The van der Waals surface area contributed by atoms with E-state index >= 15 is 0 Å². The number of fused-ring (bicyclic) bond motifs is 1. The van der Waals surface area contributed by atoms with Crippen molar-refractivity contribution in [2.45, 2.75) is 17.6 Å². The lowest BCUT2D eigenvalue weighted by Crippen LogP contribution is -1.91. The Morgan fingerprint density at radius 3 is 2.76 bits per heavy atom. The zero-order valence-electron chi connectivity index (χ0n) is 11.6. The van der Waals surface area contributed by atoms with Crippen LogP contribution < -0.4 is 5.73 Å². The quantitative estimate of drug-likeness (QED) is 0.416. The van der Waals surface area contributed by atoms with Crippen LogP contribution in [0, 0.1) is 6.92 Å². The molecule has 0 saturated carbocycles. The molecule has 0 aliphatic carbocycles. The third-order valence-corrected chi connectivity index (χ3v) is 4.77. The summed E-state index contributed by atoms with van der Waals surface area (Å²) < 4.78 is 0. The van der Waals surface area contributed by atoms with E-state index in [2.05, 4.69) is 30.1 Å². The molecule has 2 aromatic carbocycles. The van der Waals surface area contributed by atoms with Crippen LogP contribution in [0.4, 0.5) is 5.69 Å². The fourth-order valence-electron chi connectivity index (χ4n) is 2.17. The van der Waals surface area contributed by atoms with Gasteiger partial charge in [-0.15, -0.1) is 11.8 Å². The van der Waals surface area contributed by atoms with E-state index in [4.69, 9.17) is 17.3 Å². The van der Waals surface area contributed by atoms with E-state index in [0.29, 0.717) is 5.15 Å². The number of nitrogen functional groups attached to an aromatic ring is 1. The second-order valence-electron chi connectivity index (χ2n) is 4.96. The number of nitrogens with two attached hydrogens (primary N) is 1. The third kappa shape index (κ3) is 3.14. The van der Waals surface area contributed by atoms with E-state index in [1.807, 2.05) is 30.3 Å². The molecule has 0 amide bonds. The summed E-state index contributed by atoms with van der Waals surface area (Å²) in [4.78, 5) is 5.56. The van der Waals surface area contributed by atoms with Gasteiger partial charge in [-0.2, -0.15) is 0 Å². The molecule has 0 unspecified atom stereocenters. The minimum absolute atomic E-state index is 0.565. The van der Waals surface area contributed by atoms with Gasteiger partial charge in [0.2, 0.25) is 0 Å². The number of pyridine rings is 1. The molecule has 0 radical (unpaired) electrons. The molecular formula is C17H15ClN2S. The van der Waals surface area contributed by atoms with Crippen LogP contribution in [-0.2, 0) is 5.75 Å². The van der Waals surface area contributed by atoms with Crippen LogP contribution in [0.5, 0.6) is 0 Å². The summed E-state index contributed by atoms with van der Waals surface area (Å²) in [6, 6.07) is 16.2. The highest BCUT2D eigenvalue weighted by molar-refractivity contribution is 7.98. The van der Waals surface area contributed by atoms with Crippen molar-refractivity contribution in [3.8, 4) is 0 Å². The van der Waals surface area contributed by atoms with Crippen molar-refractivity contribution in [1.29, 1.82) is 0 Å². The summed E-state index contributed by atoms with van der Waals surface area (Å²) >= 11 is 7.98. The van der Waals surface area contributed by atoms with Crippen molar-refractivity contribution in [3.63, 3.8) is 0 Å². The van der Waals surface area contributed by atoms with Gasteiger partial charge < -0.3 is 5.73 Å². The molecule has 0 atom stereocenters. The van der Waals surface area contributed by atoms with Crippen LogP contribution >= 0.6 is 23.4 Å². The third-order valence-electron chi connectivity index (χ3n) is 3.30. The molecule has 3 aromatic rings. The summed E-state index contributed by atoms with van der Waals surface area (Å²) in [5.41, 5.74) is 9.91. The molecule has 0 aliphatic rings. The lowest BCUT2D eigenvalue weighted by molar-refractivity contribution is 1.29. The number of hydrogen-bond acceptors (Lipinski definition) is 3. The first-order valence-electron chi connectivity index (χ1n) is 6.66. The normalized spacial score (nSPS) is 11.0. The Morgan fingerprint density at radius 1 is 1.14 bits per heavy atom. The molecule has 1 heterocycles. The summed E-state index contributed by atoms with van der Waals surface area (Å²) in [6.07, 6.45) is 0. The number of hydrogen-bond donors (Lipinski definition) is 1. The Balaban J connectivity index is 1.89. The lowest BCUT2D eigenvalue weighted by Gasteiger charge is -2.08.